The van der Waals surface area contributed by atoms with Crippen LogP contribution in [0.4, 0.5) is 0 Å². The second-order valence-corrected chi connectivity index (χ2v) is 14.4. The van der Waals surface area contributed by atoms with E-state index >= 15 is 0 Å². The summed E-state index contributed by atoms with van der Waals surface area (Å²) in [6.45, 7) is 0. The molecule has 0 atom stereocenters. The minimum Gasteiger partial charge on any atom is -0.457 e. The number of hydrogen-bond donors (Lipinski definition) is 0. The molecule has 3 nitrogen and oxygen atoms in total. The summed E-state index contributed by atoms with van der Waals surface area (Å²) in [4.78, 5) is 10.3. The summed E-state index contributed by atoms with van der Waals surface area (Å²) in [7, 11) is 0. The fourth-order valence-electron chi connectivity index (χ4n) is 8.34. The molecule has 9 aromatic rings. The predicted molar refractivity (Wildman–Crippen MR) is 209 cm³/mol. The van der Waals surface area contributed by atoms with E-state index in [1.165, 1.54) is 42.4 Å². The van der Waals surface area contributed by atoms with Crippen LogP contribution in [-0.2, 0) is 5.41 Å². The van der Waals surface area contributed by atoms with Gasteiger partial charge >= 0.3 is 0 Å². The molecule has 2 aliphatic rings. The highest BCUT2D eigenvalue weighted by atomic mass is 32.1. The first-order valence-corrected chi connectivity index (χ1v) is 18.1. The lowest BCUT2D eigenvalue weighted by Gasteiger charge is -2.39. The maximum absolute atomic E-state index is 6.66. The van der Waals surface area contributed by atoms with Crippen molar-refractivity contribution in [2.75, 3.05) is 0 Å². The van der Waals surface area contributed by atoms with Crippen molar-refractivity contribution in [3.63, 3.8) is 0 Å². The average Bonchev–Trinajstić information content (AvgIpc) is 3.70. The number of nitrogens with zero attached hydrogens (tertiary/aromatic N) is 2. The van der Waals surface area contributed by atoms with Crippen LogP contribution >= 0.6 is 11.3 Å². The van der Waals surface area contributed by atoms with E-state index in [1.54, 1.807) is 0 Å². The predicted octanol–water partition coefficient (Wildman–Crippen LogP) is 12.3. The Labute approximate surface area is 299 Å². The van der Waals surface area contributed by atoms with Crippen molar-refractivity contribution >= 4 is 31.5 Å². The number of rotatable bonds is 3. The van der Waals surface area contributed by atoms with Crippen molar-refractivity contribution in [3.8, 4) is 56.5 Å². The number of thiophene rings is 1. The van der Waals surface area contributed by atoms with Crippen LogP contribution in [-0.4, -0.2) is 9.97 Å². The fraction of sp³-hybridized carbons (Fsp3) is 0.0213. The van der Waals surface area contributed by atoms with Crippen LogP contribution in [0.2, 0.25) is 0 Å². The number of fused-ring (bicyclic) bond motifs is 12. The molecule has 7 aromatic carbocycles. The summed E-state index contributed by atoms with van der Waals surface area (Å²) >= 11 is 1.87. The van der Waals surface area contributed by atoms with Gasteiger partial charge in [-0.1, -0.05) is 127 Å². The van der Waals surface area contributed by atoms with Crippen molar-refractivity contribution in [1.82, 2.24) is 9.97 Å². The Morgan fingerprint density at radius 3 is 1.76 bits per heavy atom. The second kappa shape index (κ2) is 10.8. The largest absolute Gasteiger partial charge is 0.457 e. The van der Waals surface area contributed by atoms with E-state index in [4.69, 9.17) is 14.7 Å². The molecule has 0 saturated heterocycles. The second-order valence-electron chi connectivity index (χ2n) is 13.3. The zero-order chi connectivity index (χ0) is 33.5. The molecule has 1 aliphatic heterocycles. The van der Waals surface area contributed by atoms with Crippen molar-refractivity contribution in [2.24, 2.45) is 0 Å². The normalized spacial score (nSPS) is 13.4. The van der Waals surface area contributed by atoms with E-state index in [1.807, 2.05) is 35.6 Å². The van der Waals surface area contributed by atoms with Crippen LogP contribution in [0.15, 0.2) is 170 Å². The monoisotopic (exact) mass is 668 g/mol. The van der Waals surface area contributed by atoms with Gasteiger partial charge in [-0.2, -0.15) is 0 Å². The van der Waals surface area contributed by atoms with E-state index in [-0.39, 0.29) is 0 Å². The van der Waals surface area contributed by atoms with Gasteiger partial charge in [0.2, 0.25) is 0 Å². The lowest BCUT2D eigenvalue weighted by Crippen LogP contribution is -2.32. The van der Waals surface area contributed by atoms with Crippen molar-refractivity contribution < 1.29 is 4.74 Å². The van der Waals surface area contributed by atoms with Crippen LogP contribution in [0.5, 0.6) is 11.5 Å². The third-order valence-electron chi connectivity index (χ3n) is 10.6. The lowest BCUT2D eigenvalue weighted by molar-refractivity contribution is 0.436. The molecule has 0 unspecified atom stereocenters. The fourth-order valence-corrected chi connectivity index (χ4v) is 9.47. The molecule has 11 rings (SSSR count). The van der Waals surface area contributed by atoms with Gasteiger partial charge in [-0.15, -0.1) is 11.3 Å². The van der Waals surface area contributed by atoms with Crippen LogP contribution in [0.3, 0.4) is 0 Å². The summed E-state index contributed by atoms with van der Waals surface area (Å²) in [6.07, 6.45) is 0. The molecule has 51 heavy (non-hydrogen) atoms. The zero-order valence-electron chi connectivity index (χ0n) is 27.4. The Morgan fingerprint density at radius 2 is 1.02 bits per heavy atom. The van der Waals surface area contributed by atoms with Crippen LogP contribution in [0.1, 0.15) is 22.3 Å². The number of para-hydroxylation sites is 2. The van der Waals surface area contributed by atoms with Gasteiger partial charge in [0.25, 0.3) is 0 Å². The molecule has 0 fully saturated rings. The smallest absolute Gasteiger partial charge is 0.160 e. The molecular weight excluding hydrogens is 641 g/mol. The highest BCUT2D eigenvalue weighted by molar-refractivity contribution is 7.25. The van der Waals surface area contributed by atoms with Gasteiger partial charge in [-0.3, -0.25) is 0 Å². The van der Waals surface area contributed by atoms with Gasteiger partial charge in [-0.05, 0) is 64.7 Å². The standard InChI is InChI=1S/C47H28N2OS/c1-3-13-29(14-4-1)40-28-41(49-46(48-40)30-15-5-2-6-16-30)31-23-24-32-34-26-35-33-17-7-12-22-44(33)51-45(35)27-39(34)47(38(32)25-31)36-18-8-10-20-42(36)50-43-21-11-9-19-37(43)47/h1-28H. The Hall–Kier alpha value is -6.36. The highest BCUT2D eigenvalue weighted by Crippen LogP contribution is 2.63. The van der Waals surface area contributed by atoms with E-state index in [2.05, 4.69) is 146 Å². The van der Waals surface area contributed by atoms with E-state index in [0.29, 0.717) is 5.82 Å². The number of aromatic nitrogens is 2. The summed E-state index contributed by atoms with van der Waals surface area (Å²) in [5.74, 6) is 2.48. The molecular formula is C47H28N2OS. The number of hydrogen-bond acceptors (Lipinski definition) is 4. The Balaban J connectivity index is 1.23. The van der Waals surface area contributed by atoms with Gasteiger partial charge < -0.3 is 4.74 Å². The van der Waals surface area contributed by atoms with E-state index < -0.39 is 5.41 Å². The van der Waals surface area contributed by atoms with E-state index in [9.17, 15) is 0 Å². The van der Waals surface area contributed by atoms with Crippen molar-refractivity contribution in [2.45, 2.75) is 5.41 Å². The number of ether oxygens (including phenoxy) is 1. The molecule has 1 spiro atoms. The van der Waals surface area contributed by atoms with Gasteiger partial charge in [0, 0.05) is 48.0 Å². The Bertz CT molecular complexity index is 2740. The Kier molecular flexibility index (Phi) is 6.04. The topological polar surface area (TPSA) is 35.0 Å². The third kappa shape index (κ3) is 4.11. The molecule has 238 valence electrons. The quantitative estimate of drug-likeness (QED) is 0.188. The number of benzene rings is 7. The third-order valence-corrected chi connectivity index (χ3v) is 11.7. The summed E-state index contributed by atoms with van der Waals surface area (Å²) in [6, 6.07) is 60.5. The molecule has 4 heteroatoms. The van der Waals surface area contributed by atoms with Crippen LogP contribution in [0, 0.1) is 0 Å². The molecule has 0 N–H and O–H groups in total. The summed E-state index contributed by atoms with van der Waals surface area (Å²) in [5.41, 5.74) is 11.6. The zero-order valence-corrected chi connectivity index (χ0v) is 28.2. The van der Waals surface area contributed by atoms with Gasteiger partial charge in [0.15, 0.2) is 5.82 Å². The van der Waals surface area contributed by atoms with Crippen molar-refractivity contribution in [3.05, 3.63) is 192 Å². The van der Waals surface area contributed by atoms with Gasteiger partial charge in [0.1, 0.15) is 11.5 Å². The van der Waals surface area contributed by atoms with Crippen LogP contribution in [0.25, 0.3) is 65.2 Å². The molecule has 0 radical (unpaired) electrons. The molecule has 1 aliphatic carbocycles. The summed E-state index contributed by atoms with van der Waals surface area (Å²) < 4.78 is 9.25. The minimum atomic E-state index is -0.589. The SMILES string of the molecule is c1ccc(-c2cc(-c3ccc4c(c3)C3(c5ccccc5Oc5ccccc53)c3cc5sc6ccccc6c5cc3-4)nc(-c3ccccc3)n2)cc1. The lowest BCUT2D eigenvalue weighted by atomic mass is 9.66. The molecule has 2 aromatic heterocycles. The first-order chi connectivity index (χ1) is 25.3. The molecule has 0 bridgehead atoms. The van der Waals surface area contributed by atoms with Crippen molar-refractivity contribution in [1.29, 1.82) is 0 Å². The highest BCUT2D eigenvalue weighted by Gasteiger charge is 2.51. The maximum atomic E-state index is 6.66. The average molecular weight is 669 g/mol. The summed E-state index contributed by atoms with van der Waals surface area (Å²) in [5, 5.41) is 2.60. The first kappa shape index (κ1) is 28.5. The minimum absolute atomic E-state index is 0.589. The molecule has 0 saturated carbocycles. The molecule has 3 heterocycles. The Morgan fingerprint density at radius 1 is 0.412 bits per heavy atom. The molecule has 0 amide bonds. The van der Waals surface area contributed by atoms with E-state index in [0.717, 1.165) is 50.7 Å². The van der Waals surface area contributed by atoms with Crippen LogP contribution < -0.4 is 4.74 Å². The maximum Gasteiger partial charge on any atom is 0.160 e. The van der Waals surface area contributed by atoms with Gasteiger partial charge in [-0.25, -0.2) is 9.97 Å². The first-order valence-electron chi connectivity index (χ1n) is 17.2. The van der Waals surface area contributed by atoms with Gasteiger partial charge in [0.05, 0.1) is 16.8 Å².